The molecule has 7 heteroatoms. The number of amides is 1. The number of para-hydroxylation sites is 2. The lowest BCUT2D eigenvalue weighted by molar-refractivity contribution is 0.100. The molecule has 1 amide bonds. The summed E-state index contributed by atoms with van der Waals surface area (Å²) < 4.78 is 0. The van der Waals surface area contributed by atoms with Gasteiger partial charge in [-0.15, -0.1) is 0 Å². The van der Waals surface area contributed by atoms with Crippen LogP contribution in [0.1, 0.15) is 34.9 Å². The minimum Gasteiger partial charge on any atom is -0.369 e. The van der Waals surface area contributed by atoms with Gasteiger partial charge in [0, 0.05) is 44.3 Å². The van der Waals surface area contributed by atoms with Crippen molar-refractivity contribution in [1.82, 2.24) is 20.2 Å². The molecule has 0 saturated carbocycles. The summed E-state index contributed by atoms with van der Waals surface area (Å²) in [6.45, 7) is 5.15. The molecule has 156 valence electrons. The van der Waals surface area contributed by atoms with Gasteiger partial charge < -0.3 is 20.9 Å². The van der Waals surface area contributed by atoms with Crippen molar-refractivity contribution in [2.45, 2.75) is 24.9 Å². The molecule has 2 aliphatic rings. The van der Waals surface area contributed by atoms with Crippen LogP contribution in [0.2, 0.25) is 0 Å². The van der Waals surface area contributed by atoms with Crippen molar-refractivity contribution >= 4 is 22.6 Å². The van der Waals surface area contributed by atoms with Crippen molar-refractivity contribution in [3.63, 3.8) is 0 Å². The third-order valence-corrected chi connectivity index (χ3v) is 6.45. The normalized spacial score (nSPS) is 23.0. The van der Waals surface area contributed by atoms with Crippen molar-refractivity contribution in [2.75, 3.05) is 37.6 Å². The number of piperazine rings is 1. The van der Waals surface area contributed by atoms with Crippen LogP contribution in [0, 0.1) is 0 Å². The molecule has 1 aromatic heterocycles. The molecule has 5 rings (SSSR count). The van der Waals surface area contributed by atoms with Gasteiger partial charge in [0.05, 0.1) is 17.2 Å². The lowest BCUT2D eigenvalue weighted by atomic mass is 9.96. The van der Waals surface area contributed by atoms with Gasteiger partial charge in [-0.3, -0.25) is 9.69 Å². The highest BCUT2D eigenvalue weighted by Gasteiger charge is 2.30. The average molecular weight is 405 g/mol. The number of hydrogen-bond donors (Lipinski definition) is 3. The topological polar surface area (TPSA) is 90.3 Å². The Kier molecular flexibility index (Phi) is 5.14. The number of primary amides is 1. The van der Waals surface area contributed by atoms with E-state index in [9.17, 15) is 4.79 Å². The lowest BCUT2D eigenvalue weighted by Crippen LogP contribution is -2.56. The van der Waals surface area contributed by atoms with E-state index in [4.69, 9.17) is 10.7 Å². The molecule has 0 spiro atoms. The van der Waals surface area contributed by atoms with Crippen LogP contribution >= 0.6 is 0 Å². The molecule has 2 aromatic carbocycles. The van der Waals surface area contributed by atoms with Crippen molar-refractivity contribution < 1.29 is 4.79 Å². The minimum atomic E-state index is -0.435. The Labute approximate surface area is 176 Å². The maximum atomic E-state index is 11.7. The number of carbonyl (C=O) groups is 1. The van der Waals surface area contributed by atoms with Crippen LogP contribution in [0.15, 0.2) is 48.5 Å². The number of rotatable bonds is 4. The first kappa shape index (κ1) is 19.1. The first-order chi connectivity index (χ1) is 14.7. The first-order valence-electron chi connectivity index (χ1n) is 10.7. The van der Waals surface area contributed by atoms with Gasteiger partial charge in [0.1, 0.15) is 11.3 Å². The van der Waals surface area contributed by atoms with Crippen molar-refractivity contribution in [3.8, 4) is 0 Å². The van der Waals surface area contributed by atoms with Gasteiger partial charge in [0.15, 0.2) is 0 Å². The molecule has 0 bridgehead atoms. The zero-order valence-corrected chi connectivity index (χ0v) is 17.1. The molecule has 30 heavy (non-hydrogen) atoms. The van der Waals surface area contributed by atoms with Crippen molar-refractivity contribution in [3.05, 3.63) is 59.9 Å². The number of nitrogens with two attached hydrogens (primary N) is 1. The maximum absolute atomic E-state index is 11.7. The van der Waals surface area contributed by atoms with E-state index < -0.39 is 5.91 Å². The van der Waals surface area contributed by atoms with Gasteiger partial charge in [0.2, 0.25) is 0 Å². The fourth-order valence-corrected chi connectivity index (χ4v) is 4.76. The van der Waals surface area contributed by atoms with E-state index in [-0.39, 0.29) is 0 Å². The standard InChI is InChI=1S/C23H28N6O/c24-22(30)18-7-4-8-19-21(18)27-23(26-19)16-9-10-20(25-15-16)29-13-11-28(12-14-29)17-5-2-1-3-6-17/h1-8,16,20,25H,9-15H2,(H2,24,30)(H,26,27). The van der Waals surface area contributed by atoms with E-state index in [0.717, 1.165) is 56.9 Å². The Balaban J connectivity index is 1.20. The number of aromatic nitrogens is 2. The molecule has 2 unspecified atom stereocenters. The fourth-order valence-electron chi connectivity index (χ4n) is 4.76. The van der Waals surface area contributed by atoms with E-state index in [2.05, 4.69) is 50.4 Å². The number of nitrogens with zero attached hydrogens (tertiary/aromatic N) is 3. The number of carbonyl (C=O) groups excluding carboxylic acids is 1. The van der Waals surface area contributed by atoms with Crippen LogP contribution in [-0.2, 0) is 0 Å². The molecule has 2 saturated heterocycles. The summed E-state index contributed by atoms with van der Waals surface area (Å²) in [5.74, 6) is 0.827. The molecule has 2 fully saturated rings. The second kappa shape index (κ2) is 8.08. The predicted molar refractivity (Wildman–Crippen MR) is 119 cm³/mol. The molecule has 7 nitrogen and oxygen atoms in total. The van der Waals surface area contributed by atoms with Crippen LogP contribution in [-0.4, -0.2) is 59.7 Å². The Morgan fingerprint density at radius 1 is 1.00 bits per heavy atom. The van der Waals surface area contributed by atoms with Crippen molar-refractivity contribution in [2.24, 2.45) is 5.73 Å². The largest absolute Gasteiger partial charge is 0.369 e. The lowest BCUT2D eigenvalue weighted by Gasteiger charge is -2.42. The number of aromatic amines is 1. The summed E-state index contributed by atoms with van der Waals surface area (Å²) in [6, 6.07) is 16.2. The molecular weight excluding hydrogens is 376 g/mol. The van der Waals surface area contributed by atoms with Gasteiger partial charge in [0.25, 0.3) is 5.91 Å². The fraction of sp³-hybridized carbons (Fsp3) is 0.391. The molecule has 2 aliphatic heterocycles. The third-order valence-electron chi connectivity index (χ3n) is 6.45. The number of hydrogen-bond acceptors (Lipinski definition) is 5. The molecule has 2 atom stereocenters. The molecular formula is C23H28N6O. The average Bonchev–Trinajstić information content (AvgIpc) is 3.24. The number of H-pyrrole nitrogens is 1. The van der Waals surface area contributed by atoms with E-state index in [0.29, 0.717) is 23.2 Å². The third kappa shape index (κ3) is 3.66. The number of anilines is 1. The van der Waals surface area contributed by atoms with Crippen LogP contribution in [0.5, 0.6) is 0 Å². The predicted octanol–water partition coefficient (Wildman–Crippen LogP) is 2.28. The van der Waals surface area contributed by atoms with Crippen molar-refractivity contribution in [1.29, 1.82) is 0 Å². The molecule has 3 heterocycles. The Bertz CT molecular complexity index is 1020. The van der Waals surface area contributed by atoms with Crippen LogP contribution in [0.25, 0.3) is 11.0 Å². The van der Waals surface area contributed by atoms with E-state index >= 15 is 0 Å². The molecule has 0 radical (unpaired) electrons. The summed E-state index contributed by atoms with van der Waals surface area (Å²) in [5, 5.41) is 3.73. The van der Waals surface area contributed by atoms with Gasteiger partial charge in [-0.2, -0.15) is 0 Å². The van der Waals surface area contributed by atoms with Crippen LogP contribution in [0.4, 0.5) is 5.69 Å². The maximum Gasteiger partial charge on any atom is 0.250 e. The second-order valence-electron chi connectivity index (χ2n) is 8.24. The summed E-state index contributed by atoms with van der Waals surface area (Å²) in [5.41, 5.74) is 8.85. The summed E-state index contributed by atoms with van der Waals surface area (Å²) >= 11 is 0. The molecule has 0 aliphatic carbocycles. The zero-order chi connectivity index (χ0) is 20.5. The molecule has 4 N–H and O–H groups in total. The van der Waals surface area contributed by atoms with E-state index in [1.54, 1.807) is 6.07 Å². The second-order valence-corrected chi connectivity index (χ2v) is 8.24. The summed E-state index contributed by atoms with van der Waals surface area (Å²) in [7, 11) is 0. The first-order valence-corrected chi connectivity index (χ1v) is 10.7. The zero-order valence-electron chi connectivity index (χ0n) is 17.1. The highest BCUT2D eigenvalue weighted by Crippen LogP contribution is 2.28. The number of fused-ring (bicyclic) bond motifs is 1. The highest BCUT2D eigenvalue weighted by molar-refractivity contribution is 6.04. The number of nitrogens with one attached hydrogen (secondary N) is 2. The van der Waals surface area contributed by atoms with E-state index in [1.807, 2.05) is 12.1 Å². The van der Waals surface area contributed by atoms with Gasteiger partial charge in [-0.1, -0.05) is 24.3 Å². The minimum absolute atomic E-state index is 0.319. The smallest absolute Gasteiger partial charge is 0.250 e. The van der Waals surface area contributed by atoms with Gasteiger partial charge in [-0.05, 0) is 37.1 Å². The Hall–Kier alpha value is -2.90. The van der Waals surface area contributed by atoms with Gasteiger partial charge in [-0.25, -0.2) is 4.98 Å². The monoisotopic (exact) mass is 404 g/mol. The molecule has 3 aromatic rings. The quantitative estimate of drug-likeness (QED) is 0.621. The number of benzene rings is 2. The highest BCUT2D eigenvalue weighted by atomic mass is 16.1. The number of piperidine rings is 1. The summed E-state index contributed by atoms with van der Waals surface area (Å²) in [6.07, 6.45) is 2.59. The van der Waals surface area contributed by atoms with E-state index in [1.165, 1.54) is 5.69 Å². The summed E-state index contributed by atoms with van der Waals surface area (Å²) in [4.78, 5) is 24.8. The number of imidazole rings is 1. The van der Waals surface area contributed by atoms with Crippen LogP contribution < -0.4 is 16.0 Å². The SMILES string of the molecule is NC(=O)c1cccc2[nH]c(C3CCC(N4CCN(c5ccccc5)CC4)NC3)nc12. The Morgan fingerprint density at radius 3 is 2.50 bits per heavy atom. The Morgan fingerprint density at radius 2 is 1.80 bits per heavy atom. The van der Waals surface area contributed by atoms with Crippen LogP contribution in [0.3, 0.4) is 0 Å². The van der Waals surface area contributed by atoms with Gasteiger partial charge >= 0.3 is 0 Å².